The number of benzene rings is 3. The standard InChI is InChI=1S/C28H31N3O4/c1-19-11-15-22(16-12-19)30-28(34)35-27(21-13-17-23(32)18-14-21)20(2)7-3-6-10-26(33)31-25-9-5-4-8-24(25)29/h4-6,8-18,20,27,32H,3,7,29H2,1-2H3,(H,30,34)(H,31,33)/b10-6+/t20-,27-/m0/s1. The van der Waals surface area contributed by atoms with Gasteiger partial charge in [0.2, 0.25) is 5.91 Å². The van der Waals surface area contributed by atoms with E-state index in [4.69, 9.17) is 10.5 Å². The lowest BCUT2D eigenvalue weighted by Crippen LogP contribution is -2.22. The van der Waals surface area contributed by atoms with E-state index in [1.165, 1.54) is 6.08 Å². The third kappa shape index (κ3) is 7.92. The van der Waals surface area contributed by atoms with Gasteiger partial charge in [-0.05, 0) is 73.7 Å². The first kappa shape index (κ1) is 25.4. The van der Waals surface area contributed by atoms with Crippen molar-refractivity contribution in [2.24, 2.45) is 5.92 Å². The number of carbonyl (C=O) groups excluding carboxylic acids is 2. The maximum Gasteiger partial charge on any atom is 0.412 e. The third-order valence-electron chi connectivity index (χ3n) is 5.55. The van der Waals surface area contributed by atoms with Crippen LogP contribution in [0, 0.1) is 12.8 Å². The molecule has 0 saturated carbocycles. The van der Waals surface area contributed by atoms with Crippen molar-refractivity contribution in [2.45, 2.75) is 32.8 Å². The second kappa shape index (κ2) is 12.3. The number of aromatic hydroxyl groups is 1. The third-order valence-corrected chi connectivity index (χ3v) is 5.55. The molecule has 3 aromatic rings. The maximum absolute atomic E-state index is 12.6. The molecule has 2 amide bonds. The van der Waals surface area contributed by atoms with Crippen molar-refractivity contribution in [1.82, 2.24) is 0 Å². The van der Waals surface area contributed by atoms with E-state index >= 15 is 0 Å². The Labute approximate surface area is 205 Å². The molecule has 3 rings (SSSR count). The van der Waals surface area contributed by atoms with Crippen molar-refractivity contribution in [3.8, 4) is 5.75 Å². The van der Waals surface area contributed by atoms with Crippen LogP contribution in [0.3, 0.4) is 0 Å². The van der Waals surface area contributed by atoms with E-state index in [1.54, 1.807) is 54.6 Å². The molecular formula is C28H31N3O4. The largest absolute Gasteiger partial charge is 0.508 e. The van der Waals surface area contributed by atoms with Crippen LogP contribution in [0.4, 0.5) is 21.9 Å². The first-order valence-electron chi connectivity index (χ1n) is 11.5. The number of para-hydroxylation sites is 2. The predicted molar refractivity (Wildman–Crippen MR) is 139 cm³/mol. The van der Waals surface area contributed by atoms with Crippen molar-refractivity contribution < 1.29 is 19.4 Å². The fourth-order valence-electron chi connectivity index (χ4n) is 3.56. The fourth-order valence-corrected chi connectivity index (χ4v) is 3.56. The molecule has 0 aliphatic rings. The minimum Gasteiger partial charge on any atom is -0.508 e. The van der Waals surface area contributed by atoms with Gasteiger partial charge < -0.3 is 20.9 Å². The topological polar surface area (TPSA) is 114 Å². The number of aryl methyl sites for hydroxylation is 1. The number of anilines is 3. The molecule has 0 heterocycles. The zero-order valence-corrected chi connectivity index (χ0v) is 19.9. The highest BCUT2D eigenvalue weighted by Crippen LogP contribution is 2.31. The molecule has 0 saturated heterocycles. The molecule has 3 aromatic carbocycles. The smallest absolute Gasteiger partial charge is 0.412 e. The number of hydrogen-bond acceptors (Lipinski definition) is 5. The van der Waals surface area contributed by atoms with Gasteiger partial charge in [-0.3, -0.25) is 10.1 Å². The van der Waals surface area contributed by atoms with Crippen molar-refractivity contribution in [3.63, 3.8) is 0 Å². The Kier molecular flexibility index (Phi) is 8.89. The quantitative estimate of drug-likeness (QED) is 0.219. The van der Waals surface area contributed by atoms with Gasteiger partial charge in [0.05, 0.1) is 11.4 Å². The first-order valence-corrected chi connectivity index (χ1v) is 11.5. The number of hydrogen-bond donors (Lipinski definition) is 4. The van der Waals surface area contributed by atoms with Crippen LogP contribution in [-0.2, 0) is 9.53 Å². The summed E-state index contributed by atoms with van der Waals surface area (Å²) in [6, 6.07) is 21.1. The molecule has 0 aliphatic heterocycles. The number of phenols is 1. The van der Waals surface area contributed by atoms with Crippen molar-refractivity contribution in [2.75, 3.05) is 16.4 Å². The fraction of sp³-hybridized carbons (Fsp3) is 0.214. The summed E-state index contributed by atoms with van der Waals surface area (Å²) in [5.74, 6) is -0.183. The van der Waals surface area contributed by atoms with Crippen LogP contribution in [0.5, 0.6) is 5.75 Å². The van der Waals surface area contributed by atoms with Gasteiger partial charge in [-0.15, -0.1) is 0 Å². The monoisotopic (exact) mass is 473 g/mol. The summed E-state index contributed by atoms with van der Waals surface area (Å²) in [6.07, 6.45) is 3.43. The van der Waals surface area contributed by atoms with Crippen molar-refractivity contribution in [1.29, 1.82) is 0 Å². The van der Waals surface area contributed by atoms with Gasteiger partial charge in [0.15, 0.2) is 0 Å². The van der Waals surface area contributed by atoms with E-state index in [1.807, 2.05) is 38.1 Å². The number of nitrogens with one attached hydrogen (secondary N) is 2. The summed E-state index contributed by atoms with van der Waals surface area (Å²) < 4.78 is 5.79. The molecule has 7 heteroatoms. The van der Waals surface area contributed by atoms with Crippen LogP contribution >= 0.6 is 0 Å². The molecule has 182 valence electrons. The Balaban J connectivity index is 1.60. The summed E-state index contributed by atoms with van der Waals surface area (Å²) in [4.78, 5) is 24.8. The molecule has 35 heavy (non-hydrogen) atoms. The van der Waals surface area contributed by atoms with Crippen LogP contribution in [0.25, 0.3) is 0 Å². The molecule has 0 fully saturated rings. The summed E-state index contributed by atoms with van der Waals surface area (Å²) in [7, 11) is 0. The Hall–Kier alpha value is -4.26. The molecule has 0 bridgehead atoms. The zero-order valence-electron chi connectivity index (χ0n) is 19.9. The Morgan fingerprint density at radius 2 is 1.69 bits per heavy atom. The van der Waals surface area contributed by atoms with E-state index in [0.29, 0.717) is 29.9 Å². The van der Waals surface area contributed by atoms with E-state index in [0.717, 1.165) is 11.1 Å². The number of amides is 2. The van der Waals surface area contributed by atoms with E-state index in [9.17, 15) is 14.7 Å². The molecule has 0 aliphatic carbocycles. The molecular weight excluding hydrogens is 442 g/mol. The van der Waals surface area contributed by atoms with Gasteiger partial charge in [0.25, 0.3) is 0 Å². The van der Waals surface area contributed by atoms with Gasteiger partial charge in [-0.1, -0.05) is 55.0 Å². The van der Waals surface area contributed by atoms with Gasteiger partial charge >= 0.3 is 6.09 Å². The Bertz CT molecular complexity index is 1160. The van der Waals surface area contributed by atoms with Gasteiger partial charge in [-0.2, -0.15) is 0 Å². The molecule has 0 radical (unpaired) electrons. The van der Waals surface area contributed by atoms with Gasteiger partial charge in [-0.25, -0.2) is 4.79 Å². The maximum atomic E-state index is 12.6. The summed E-state index contributed by atoms with van der Waals surface area (Å²) >= 11 is 0. The van der Waals surface area contributed by atoms with Crippen LogP contribution < -0.4 is 16.4 Å². The van der Waals surface area contributed by atoms with Crippen molar-refractivity contribution in [3.05, 3.63) is 96.1 Å². The minimum atomic E-state index is -0.561. The lowest BCUT2D eigenvalue weighted by molar-refractivity contribution is -0.111. The van der Waals surface area contributed by atoms with Crippen LogP contribution in [-0.4, -0.2) is 17.1 Å². The van der Waals surface area contributed by atoms with Gasteiger partial charge in [0, 0.05) is 5.69 Å². The highest BCUT2D eigenvalue weighted by Gasteiger charge is 2.23. The van der Waals surface area contributed by atoms with Crippen LogP contribution in [0.15, 0.2) is 84.9 Å². The lowest BCUT2D eigenvalue weighted by atomic mass is 9.93. The number of rotatable bonds is 9. The van der Waals surface area contributed by atoms with Crippen LogP contribution in [0.2, 0.25) is 0 Å². The second-order valence-electron chi connectivity index (χ2n) is 8.44. The number of ether oxygens (including phenoxy) is 1. The van der Waals surface area contributed by atoms with Crippen LogP contribution in [0.1, 0.15) is 37.0 Å². The average Bonchev–Trinajstić information content (AvgIpc) is 2.84. The highest BCUT2D eigenvalue weighted by molar-refractivity contribution is 6.01. The number of nitrogens with two attached hydrogens (primary N) is 1. The van der Waals surface area contributed by atoms with E-state index in [-0.39, 0.29) is 17.6 Å². The number of phenolic OH excluding ortho intramolecular Hbond substituents is 1. The molecule has 0 unspecified atom stereocenters. The molecule has 0 aromatic heterocycles. The number of allylic oxidation sites excluding steroid dienone is 1. The highest BCUT2D eigenvalue weighted by atomic mass is 16.6. The number of carbonyl (C=O) groups is 2. The van der Waals surface area contributed by atoms with E-state index in [2.05, 4.69) is 10.6 Å². The molecule has 7 nitrogen and oxygen atoms in total. The predicted octanol–water partition coefficient (Wildman–Crippen LogP) is 6.18. The molecule has 0 spiro atoms. The summed E-state index contributed by atoms with van der Waals surface area (Å²) in [5.41, 5.74) is 9.43. The molecule has 2 atom stereocenters. The lowest BCUT2D eigenvalue weighted by Gasteiger charge is -2.24. The second-order valence-corrected chi connectivity index (χ2v) is 8.44. The average molecular weight is 474 g/mol. The number of nitrogen functional groups attached to an aromatic ring is 1. The SMILES string of the molecule is Cc1ccc(NC(=O)O[C@H](c2ccc(O)cc2)[C@@H](C)CC/C=C/C(=O)Nc2ccccc2N)cc1. The summed E-state index contributed by atoms with van der Waals surface area (Å²) in [5, 5.41) is 15.2. The first-order chi connectivity index (χ1) is 16.8. The zero-order chi connectivity index (χ0) is 25.2. The normalized spacial score (nSPS) is 12.6. The Morgan fingerprint density at radius 3 is 2.37 bits per heavy atom. The van der Waals surface area contributed by atoms with Crippen molar-refractivity contribution >= 4 is 29.1 Å². The summed E-state index contributed by atoms with van der Waals surface area (Å²) in [6.45, 7) is 3.95. The van der Waals surface area contributed by atoms with E-state index < -0.39 is 12.2 Å². The Morgan fingerprint density at radius 1 is 1.00 bits per heavy atom. The van der Waals surface area contributed by atoms with Gasteiger partial charge in [0.1, 0.15) is 11.9 Å². The molecule has 5 N–H and O–H groups in total. The minimum absolute atomic E-state index is 0.0548.